The standard InChI is InChI=1S/C69H134O6/c1-6-8-9-10-11-12-13-14-15-16-20-24-31-36-41-46-51-56-61-69(72)75-66(63-74-68(71)60-55-50-45-40-35-30-26-25-28-33-38-43-48-53-58-65(5)7-2)62-73-67(70)59-54-49-44-39-34-29-23-21-18-17-19-22-27-32-37-42-47-52-57-64(3)4/h64-66H,6-63H2,1-5H3/t65?,66-/m0/s1. The summed E-state index contributed by atoms with van der Waals surface area (Å²) in [4.78, 5) is 38.4. The predicted molar refractivity (Wildman–Crippen MR) is 326 cm³/mol. The number of ether oxygens (including phenoxy) is 3. The first-order valence-corrected chi connectivity index (χ1v) is 34.3. The SMILES string of the molecule is CCCCCCCCCCCCCCCCCCCCC(=O)O[C@@H](COC(=O)CCCCCCCCCCCCCCCCCCCCC(C)C)COC(=O)CCCCCCCCCCCCCCCCC(C)CC. The minimum atomic E-state index is -0.764. The molecule has 0 radical (unpaired) electrons. The van der Waals surface area contributed by atoms with Crippen LogP contribution in [0.25, 0.3) is 0 Å². The fourth-order valence-corrected chi connectivity index (χ4v) is 10.8. The van der Waals surface area contributed by atoms with E-state index in [9.17, 15) is 14.4 Å². The summed E-state index contributed by atoms with van der Waals surface area (Å²) in [6, 6.07) is 0. The van der Waals surface area contributed by atoms with E-state index in [4.69, 9.17) is 14.2 Å². The third kappa shape index (κ3) is 61.5. The first kappa shape index (κ1) is 73.4. The molecule has 1 unspecified atom stereocenters. The topological polar surface area (TPSA) is 78.9 Å². The number of rotatable bonds is 63. The minimum absolute atomic E-state index is 0.0613. The van der Waals surface area contributed by atoms with Gasteiger partial charge in [0.1, 0.15) is 13.2 Å². The van der Waals surface area contributed by atoms with E-state index in [0.717, 1.165) is 69.6 Å². The molecule has 6 heteroatoms. The van der Waals surface area contributed by atoms with Crippen molar-refractivity contribution >= 4 is 17.9 Å². The second-order valence-corrected chi connectivity index (χ2v) is 24.5. The Labute approximate surface area is 469 Å². The summed E-state index contributed by atoms with van der Waals surface area (Å²) < 4.78 is 17.0. The van der Waals surface area contributed by atoms with Gasteiger partial charge in [-0.25, -0.2) is 0 Å². The van der Waals surface area contributed by atoms with Crippen molar-refractivity contribution in [1.29, 1.82) is 0 Å². The Morgan fingerprint density at radius 3 is 0.760 bits per heavy atom. The van der Waals surface area contributed by atoms with Crippen LogP contribution in [0.2, 0.25) is 0 Å². The Kier molecular flexibility index (Phi) is 60.3. The van der Waals surface area contributed by atoms with Gasteiger partial charge in [0.2, 0.25) is 0 Å². The fraction of sp³-hybridized carbons (Fsp3) is 0.957. The average molecular weight is 1060 g/mol. The number of hydrogen-bond donors (Lipinski definition) is 0. The van der Waals surface area contributed by atoms with E-state index in [-0.39, 0.29) is 31.1 Å². The molecule has 0 aromatic rings. The van der Waals surface area contributed by atoms with Gasteiger partial charge in [-0.15, -0.1) is 0 Å². The molecule has 0 N–H and O–H groups in total. The summed E-state index contributed by atoms with van der Waals surface area (Å²) in [5, 5.41) is 0. The van der Waals surface area contributed by atoms with Crippen LogP contribution in [0, 0.1) is 11.8 Å². The number of carbonyl (C=O) groups excluding carboxylic acids is 3. The van der Waals surface area contributed by atoms with Gasteiger partial charge in [0.05, 0.1) is 0 Å². The molecule has 2 atom stereocenters. The Morgan fingerprint density at radius 2 is 0.507 bits per heavy atom. The molecule has 0 aromatic heterocycles. The molecule has 0 aliphatic carbocycles. The first-order valence-electron chi connectivity index (χ1n) is 34.3. The monoisotopic (exact) mass is 1060 g/mol. The van der Waals surface area contributed by atoms with E-state index in [1.807, 2.05) is 0 Å². The van der Waals surface area contributed by atoms with Gasteiger partial charge in [0.25, 0.3) is 0 Å². The second kappa shape index (κ2) is 61.6. The molecule has 0 spiro atoms. The van der Waals surface area contributed by atoms with Crippen LogP contribution < -0.4 is 0 Å². The number of hydrogen-bond acceptors (Lipinski definition) is 6. The van der Waals surface area contributed by atoms with Crippen molar-refractivity contribution in [1.82, 2.24) is 0 Å². The van der Waals surface area contributed by atoms with E-state index >= 15 is 0 Å². The molecule has 0 aliphatic rings. The van der Waals surface area contributed by atoms with Gasteiger partial charge in [-0.05, 0) is 31.1 Å². The lowest BCUT2D eigenvalue weighted by atomic mass is 9.99. The molecule has 0 rings (SSSR count). The number of esters is 3. The summed E-state index contributed by atoms with van der Waals surface area (Å²) in [6.07, 6.45) is 69.6. The molecular formula is C69H134O6. The van der Waals surface area contributed by atoms with Crippen LogP contribution in [-0.4, -0.2) is 37.2 Å². The molecule has 446 valence electrons. The van der Waals surface area contributed by atoms with Crippen molar-refractivity contribution in [3.05, 3.63) is 0 Å². The van der Waals surface area contributed by atoms with Crippen molar-refractivity contribution in [2.45, 2.75) is 400 Å². The van der Waals surface area contributed by atoms with Crippen LogP contribution in [-0.2, 0) is 28.6 Å². The van der Waals surface area contributed by atoms with Crippen LogP contribution in [0.15, 0.2) is 0 Å². The van der Waals surface area contributed by atoms with E-state index in [1.54, 1.807) is 0 Å². The van der Waals surface area contributed by atoms with Gasteiger partial charge in [0.15, 0.2) is 6.10 Å². The maximum Gasteiger partial charge on any atom is 0.306 e. The lowest BCUT2D eigenvalue weighted by molar-refractivity contribution is -0.167. The van der Waals surface area contributed by atoms with Crippen LogP contribution in [0.5, 0.6) is 0 Å². The average Bonchev–Trinajstić information content (AvgIpc) is 3.40. The molecule has 0 saturated carbocycles. The van der Waals surface area contributed by atoms with Crippen LogP contribution in [0.1, 0.15) is 394 Å². The lowest BCUT2D eigenvalue weighted by Gasteiger charge is -2.18. The van der Waals surface area contributed by atoms with E-state index < -0.39 is 6.10 Å². The molecule has 6 nitrogen and oxygen atoms in total. The maximum absolute atomic E-state index is 12.9. The number of unbranched alkanes of at least 4 members (excludes halogenated alkanes) is 47. The molecule has 0 aliphatic heterocycles. The summed E-state index contributed by atoms with van der Waals surface area (Å²) in [5.41, 5.74) is 0. The molecule has 0 saturated heterocycles. The fourth-order valence-electron chi connectivity index (χ4n) is 10.8. The van der Waals surface area contributed by atoms with Crippen LogP contribution in [0.4, 0.5) is 0 Å². The summed E-state index contributed by atoms with van der Waals surface area (Å²) in [5.74, 6) is 0.929. The summed E-state index contributed by atoms with van der Waals surface area (Å²) >= 11 is 0. The highest BCUT2D eigenvalue weighted by Gasteiger charge is 2.20. The third-order valence-corrected chi connectivity index (χ3v) is 16.3. The smallest absolute Gasteiger partial charge is 0.306 e. The number of carbonyl (C=O) groups is 3. The third-order valence-electron chi connectivity index (χ3n) is 16.3. The van der Waals surface area contributed by atoms with Gasteiger partial charge in [0, 0.05) is 19.3 Å². The predicted octanol–water partition coefficient (Wildman–Crippen LogP) is 23.2. The van der Waals surface area contributed by atoms with E-state index in [1.165, 1.54) is 283 Å². The highest BCUT2D eigenvalue weighted by atomic mass is 16.6. The van der Waals surface area contributed by atoms with Crippen LogP contribution in [0.3, 0.4) is 0 Å². The van der Waals surface area contributed by atoms with Gasteiger partial charge in [-0.2, -0.15) is 0 Å². The highest BCUT2D eigenvalue weighted by Crippen LogP contribution is 2.20. The summed E-state index contributed by atoms with van der Waals surface area (Å²) in [7, 11) is 0. The lowest BCUT2D eigenvalue weighted by Crippen LogP contribution is -2.30. The highest BCUT2D eigenvalue weighted by molar-refractivity contribution is 5.71. The van der Waals surface area contributed by atoms with Crippen molar-refractivity contribution < 1.29 is 28.6 Å². The van der Waals surface area contributed by atoms with Gasteiger partial charge in [-0.3, -0.25) is 14.4 Å². The van der Waals surface area contributed by atoms with Crippen molar-refractivity contribution in [3.8, 4) is 0 Å². The van der Waals surface area contributed by atoms with Crippen molar-refractivity contribution in [3.63, 3.8) is 0 Å². The normalized spacial score (nSPS) is 12.4. The molecule has 0 fully saturated rings. The first-order chi connectivity index (χ1) is 36.8. The van der Waals surface area contributed by atoms with Gasteiger partial charge >= 0.3 is 17.9 Å². The molecule has 75 heavy (non-hydrogen) atoms. The minimum Gasteiger partial charge on any atom is -0.462 e. The Balaban J connectivity index is 4.28. The van der Waals surface area contributed by atoms with E-state index in [0.29, 0.717) is 19.3 Å². The molecule has 0 amide bonds. The Bertz CT molecular complexity index is 1150. The summed E-state index contributed by atoms with van der Waals surface area (Å²) in [6.45, 7) is 11.5. The van der Waals surface area contributed by atoms with Crippen molar-refractivity contribution in [2.75, 3.05) is 13.2 Å². The molecular weight excluding hydrogens is 925 g/mol. The Hall–Kier alpha value is -1.59. The largest absolute Gasteiger partial charge is 0.462 e. The van der Waals surface area contributed by atoms with Crippen LogP contribution >= 0.6 is 0 Å². The quantitative estimate of drug-likeness (QED) is 0.0343. The van der Waals surface area contributed by atoms with Gasteiger partial charge < -0.3 is 14.2 Å². The van der Waals surface area contributed by atoms with E-state index in [2.05, 4.69) is 34.6 Å². The van der Waals surface area contributed by atoms with Crippen molar-refractivity contribution in [2.24, 2.45) is 11.8 Å². The zero-order chi connectivity index (χ0) is 54.6. The zero-order valence-electron chi connectivity index (χ0n) is 51.7. The zero-order valence-corrected chi connectivity index (χ0v) is 51.7. The van der Waals surface area contributed by atoms with Gasteiger partial charge in [-0.1, -0.05) is 356 Å². The molecule has 0 bridgehead atoms. The second-order valence-electron chi connectivity index (χ2n) is 24.5. The molecule has 0 heterocycles. The Morgan fingerprint density at radius 1 is 0.280 bits per heavy atom. The maximum atomic E-state index is 12.9. The molecule has 0 aromatic carbocycles.